The molecule has 30 heavy (non-hydrogen) atoms. The Balaban J connectivity index is 1.37. The molecule has 0 spiro atoms. The molecule has 0 bridgehead atoms. The van der Waals surface area contributed by atoms with Gasteiger partial charge in [-0.05, 0) is 55.1 Å². The lowest BCUT2D eigenvalue weighted by molar-refractivity contribution is -0.123. The van der Waals surface area contributed by atoms with Crippen LogP contribution in [0.3, 0.4) is 0 Å². The Labute approximate surface area is 176 Å². The molecule has 3 atom stereocenters. The average Bonchev–Trinajstić information content (AvgIpc) is 3.31. The van der Waals surface area contributed by atoms with Crippen molar-refractivity contribution >= 4 is 11.8 Å². The van der Waals surface area contributed by atoms with Crippen molar-refractivity contribution in [2.75, 3.05) is 26.2 Å². The maximum atomic E-state index is 12.9. The average molecular weight is 402 g/mol. The van der Waals surface area contributed by atoms with Gasteiger partial charge >= 0.3 is 0 Å². The summed E-state index contributed by atoms with van der Waals surface area (Å²) < 4.78 is 0. The first-order chi connectivity index (χ1) is 14.6. The summed E-state index contributed by atoms with van der Waals surface area (Å²) in [6.45, 7) is 2.82. The zero-order valence-corrected chi connectivity index (χ0v) is 16.9. The molecular formula is C24H26N4O2. The molecule has 2 aromatic carbocycles. The summed E-state index contributed by atoms with van der Waals surface area (Å²) in [5.41, 5.74) is 8.18. The van der Waals surface area contributed by atoms with Crippen LogP contribution in [0, 0.1) is 23.2 Å². The maximum Gasteiger partial charge on any atom is 0.253 e. The van der Waals surface area contributed by atoms with E-state index < -0.39 is 0 Å². The Bertz CT molecular complexity index is 951. The zero-order valence-electron chi connectivity index (χ0n) is 16.9. The first-order valence-electron chi connectivity index (χ1n) is 10.4. The van der Waals surface area contributed by atoms with Crippen molar-refractivity contribution in [2.45, 2.75) is 18.9 Å². The van der Waals surface area contributed by atoms with Crippen LogP contribution in [0.2, 0.25) is 0 Å². The molecule has 154 valence electrons. The van der Waals surface area contributed by atoms with Gasteiger partial charge in [-0.3, -0.25) is 14.5 Å². The molecule has 6 nitrogen and oxygen atoms in total. The monoisotopic (exact) mass is 402 g/mol. The molecular weight excluding hydrogens is 376 g/mol. The van der Waals surface area contributed by atoms with Gasteiger partial charge in [0.2, 0.25) is 5.91 Å². The number of fused-ring (bicyclic) bond motifs is 1. The Morgan fingerprint density at radius 3 is 2.43 bits per heavy atom. The molecule has 2 aliphatic heterocycles. The number of amides is 2. The smallest absolute Gasteiger partial charge is 0.253 e. The third-order valence-corrected chi connectivity index (χ3v) is 6.35. The fourth-order valence-corrected chi connectivity index (χ4v) is 4.92. The SMILES string of the molecule is N#Cc1ccc(C(=O)N2CC3CN(CCCc4ccccc4)C(C(N)=O)[C@@H]3C2)cc1. The molecule has 6 heteroatoms. The van der Waals surface area contributed by atoms with E-state index in [0.717, 1.165) is 25.9 Å². The van der Waals surface area contributed by atoms with Crippen LogP contribution in [-0.4, -0.2) is 53.8 Å². The predicted octanol–water partition coefficient (Wildman–Crippen LogP) is 2.05. The van der Waals surface area contributed by atoms with Crippen LogP contribution in [0.1, 0.15) is 27.9 Å². The van der Waals surface area contributed by atoms with Crippen LogP contribution < -0.4 is 5.73 Å². The number of benzene rings is 2. The van der Waals surface area contributed by atoms with Crippen LogP contribution in [0.4, 0.5) is 0 Å². The zero-order chi connectivity index (χ0) is 21.1. The first-order valence-corrected chi connectivity index (χ1v) is 10.4. The highest BCUT2D eigenvalue weighted by atomic mass is 16.2. The molecule has 2 saturated heterocycles. The number of nitrogens with zero attached hydrogens (tertiary/aromatic N) is 3. The van der Waals surface area contributed by atoms with E-state index in [9.17, 15) is 9.59 Å². The Morgan fingerprint density at radius 1 is 1.03 bits per heavy atom. The van der Waals surface area contributed by atoms with E-state index >= 15 is 0 Å². The van der Waals surface area contributed by atoms with Crippen molar-refractivity contribution < 1.29 is 9.59 Å². The highest BCUT2D eigenvalue weighted by Gasteiger charge is 2.50. The van der Waals surface area contributed by atoms with Gasteiger partial charge in [0.15, 0.2) is 0 Å². The van der Waals surface area contributed by atoms with E-state index in [1.54, 1.807) is 24.3 Å². The Kier molecular flexibility index (Phi) is 5.82. The lowest BCUT2D eigenvalue weighted by Gasteiger charge is -2.27. The number of hydrogen-bond donors (Lipinski definition) is 1. The minimum Gasteiger partial charge on any atom is -0.368 e. The Hall–Kier alpha value is -3.17. The lowest BCUT2D eigenvalue weighted by atomic mass is 9.94. The number of primary amides is 1. The number of nitriles is 1. The molecule has 2 aliphatic rings. The standard InChI is InChI=1S/C24H26N4O2/c25-13-18-8-10-19(11-9-18)24(30)28-15-20-14-27(22(23(26)29)21(20)16-28)12-4-7-17-5-2-1-3-6-17/h1-3,5-6,8-11,20-22H,4,7,12,14-16H2,(H2,26,29)/t20?,21-,22?/m1/s1. The number of hydrogen-bond acceptors (Lipinski definition) is 4. The van der Waals surface area contributed by atoms with Crippen LogP contribution in [0.15, 0.2) is 54.6 Å². The van der Waals surface area contributed by atoms with E-state index in [0.29, 0.717) is 24.2 Å². The fraction of sp³-hybridized carbons (Fsp3) is 0.375. The molecule has 2 heterocycles. The first kappa shape index (κ1) is 20.1. The molecule has 4 rings (SSSR count). The number of likely N-dealkylation sites (tertiary alicyclic amines) is 2. The predicted molar refractivity (Wildman–Crippen MR) is 113 cm³/mol. The maximum absolute atomic E-state index is 12.9. The molecule has 0 radical (unpaired) electrons. The van der Waals surface area contributed by atoms with Gasteiger partial charge in [-0.1, -0.05) is 30.3 Å². The van der Waals surface area contributed by atoms with Gasteiger partial charge in [0.05, 0.1) is 17.7 Å². The summed E-state index contributed by atoms with van der Waals surface area (Å²) in [5, 5.41) is 8.93. The second kappa shape index (κ2) is 8.68. The van der Waals surface area contributed by atoms with Gasteiger partial charge < -0.3 is 10.6 Å². The summed E-state index contributed by atoms with van der Waals surface area (Å²) in [6.07, 6.45) is 1.95. The van der Waals surface area contributed by atoms with Gasteiger partial charge in [-0.25, -0.2) is 0 Å². The number of rotatable bonds is 6. The van der Waals surface area contributed by atoms with Gasteiger partial charge in [-0.2, -0.15) is 5.26 Å². The van der Waals surface area contributed by atoms with Crippen molar-refractivity contribution in [3.05, 3.63) is 71.3 Å². The van der Waals surface area contributed by atoms with Crippen molar-refractivity contribution in [1.29, 1.82) is 5.26 Å². The summed E-state index contributed by atoms with van der Waals surface area (Å²) in [4.78, 5) is 29.2. The lowest BCUT2D eigenvalue weighted by Crippen LogP contribution is -2.46. The highest BCUT2D eigenvalue weighted by molar-refractivity contribution is 5.94. The van der Waals surface area contributed by atoms with Gasteiger partial charge in [-0.15, -0.1) is 0 Å². The van der Waals surface area contributed by atoms with Crippen molar-refractivity contribution in [3.63, 3.8) is 0 Å². The van der Waals surface area contributed by atoms with E-state index in [1.165, 1.54) is 5.56 Å². The summed E-state index contributed by atoms with van der Waals surface area (Å²) >= 11 is 0. The second-order valence-electron chi connectivity index (χ2n) is 8.25. The normalized spacial score (nSPS) is 23.2. The third kappa shape index (κ3) is 4.07. The second-order valence-corrected chi connectivity index (χ2v) is 8.25. The summed E-state index contributed by atoms with van der Waals surface area (Å²) in [6, 6.07) is 18.8. The van der Waals surface area contributed by atoms with Crippen LogP contribution in [-0.2, 0) is 11.2 Å². The van der Waals surface area contributed by atoms with Crippen LogP contribution in [0.5, 0.6) is 0 Å². The van der Waals surface area contributed by atoms with E-state index in [-0.39, 0.29) is 29.7 Å². The van der Waals surface area contributed by atoms with Gasteiger partial charge in [0.25, 0.3) is 5.91 Å². The minimum atomic E-state index is -0.315. The molecule has 2 aromatic rings. The molecule has 0 saturated carbocycles. The summed E-state index contributed by atoms with van der Waals surface area (Å²) in [5.74, 6) is 0.00531. The molecule has 2 unspecified atom stereocenters. The van der Waals surface area contributed by atoms with Crippen molar-refractivity contribution in [1.82, 2.24) is 9.80 Å². The minimum absolute atomic E-state index is 0.0484. The van der Waals surface area contributed by atoms with E-state index in [1.807, 2.05) is 23.1 Å². The molecule has 2 fully saturated rings. The van der Waals surface area contributed by atoms with Crippen LogP contribution in [0.25, 0.3) is 0 Å². The van der Waals surface area contributed by atoms with E-state index in [2.05, 4.69) is 23.1 Å². The topological polar surface area (TPSA) is 90.4 Å². The van der Waals surface area contributed by atoms with Crippen molar-refractivity contribution in [3.8, 4) is 6.07 Å². The number of nitrogens with two attached hydrogens (primary N) is 1. The molecule has 0 aromatic heterocycles. The van der Waals surface area contributed by atoms with E-state index in [4.69, 9.17) is 11.0 Å². The Morgan fingerprint density at radius 2 is 1.77 bits per heavy atom. The third-order valence-electron chi connectivity index (χ3n) is 6.35. The quantitative estimate of drug-likeness (QED) is 0.801. The summed E-state index contributed by atoms with van der Waals surface area (Å²) in [7, 11) is 0. The van der Waals surface area contributed by atoms with Crippen molar-refractivity contribution in [2.24, 2.45) is 17.6 Å². The van der Waals surface area contributed by atoms with Gasteiger partial charge in [0, 0.05) is 31.1 Å². The van der Waals surface area contributed by atoms with Crippen LogP contribution >= 0.6 is 0 Å². The largest absolute Gasteiger partial charge is 0.368 e. The molecule has 0 aliphatic carbocycles. The number of carbonyl (C=O) groups excluding carboxylic acids is 2. The highest BCUT2D eigenvalue weighted by Crippen LogP contribution is 2.37. The van der Waals surface area contributed by atoms with Gasteiger partial charge in [0.1, 0.15) is 0 Å². The fourth-order valence-electron chi connectivity index (χ4n) is 4.92. The molecule has 2 N–H and O–H groups in total. The number of aryl methyl sites for hydroxylation is 1. The number of carbonyl (C=O) groups is 2. The molecule has 2 amide bonds.